The monoisotopic (exact) mass is 805 g/mol. The third-order valence-electron chi connectivity index (χ3n) is 12.1. The third kappa shape index (κ3) is 9.90. The highest BCUT2D eigenvalue weighted by Crippen LogP contribution is 2.56. The SMILES string of the molecule is CCCCCCCCC1(CCCCCCCC)c2cc(-c3ccccc3)ccc2-c2ccc(-c3cc(OCCOCCN=[N+]=[N-])c(-c4ccccc4)c4nsnc34)cc21. The largest absolute Gasteiger partial charge is 0.490 e. The molecule has 0 unspecified atom stereocenters. The van der Waals surface area contributed by atoms with Crippen LogP contribution in [0.15, 0.2) is 108 Å². The Bertz CT molecular complexity index is 2280. The molecule has 59 heavy (non-hydrogen) atoms. The number of aromatic nitrogens is 2. The van der Waals surface area contributed by atoms with E-state index in [0.717, 1.165) is 51.9 Å². The maximum Gasteiger partial charge on any atom is 0.130 e. The lowest BCUT2D eigenvalue weighted by Gasteiger charge is -2.33. The summed E-state index contributed by atoms with van der Waals surface area (Å²) in [5.41, 5.74) is 22.7. The average molecular weight is 806 g/mol. The van der Waals surface area contributed by atoms with Crippen molar-refractivity contribution in [1.82, 2.24) is 8.75 Å². The van der Waals surface area contributed by atoms with Crippen LogP contribution in [0.1, 0.15) is 115 Å². The lowest BCUT2D eigenvalue weighted by atomic mass is 9.70. The van der Waals surface area contributed by atoms with E-state index < -0.39 is 0 Å². The van der Waals surface area contributed by atoms with E-state index in [4.69, 9.17) is 23.8 Å². The third-order valence-corrected chi connectivity index (χ3v) is 12.7. The van der Waals surface area contributed by atoms with Gasteiger partial charge in [-0.15, -0.1) is 0 Å². The van der Waals surface area contributed by atoms with Crippen molar-refractivity contribution in [2.24, 2.45) is 5.11 Å². The van der Waals surface area contributed by atoms with Gasteiger partial charge in [0.25, 0.3) is 0 Å². The van der Waals surface area contributed by atoms with Crippen LogP contribution in [0.25, 0.3) is 66.0 Å². The molecule has 0 aliphatic heterocycles. The first kappa shape index (κ1) is 42.1. The maximum atomic E-state index is 8.64. The van der Waals surface area contributed by atoms with Gasteiger partial charge in [-0.2, -0.15) is 8.75 Å². The van der Waals surface area contributed by atoms with E-state index in [1.165, 1.54) is 122 Å². The number of rotatable bonds is 24. The Morgan fingerprint density at radius 1 is 0.576 bits per heavy atom. The van der Waals surface area contributed by atoms with Crippen LogP contribution in [0.3, 0.4) is 0 Å². The highest BCUT2D eigenvalue weighted by Gasteiger charge is 2.43. The molecule has 0 fully saturated rings. The summed E-state index contributed by atoms with van der Waals surface area (Å²) >= 11 is 1.25. The summed E-state index contributed by atoms with van der Waals surface area (Å²) in [5, 5.41) is 3.58. The summed E-state index contributed by atoms with van der Waals surface area (Å²) in [7, 11) is 0. The fourth-order valence-corrected chi connectivity index (χ4v) is 9.72. The first-order chi connectivity index (χ1) is 29.2. The van der Waals surface area contributed by atoms with Crippen molar-refractivity contribution in [3.8, 4) is 50.3 Å². The van der Waals surface area contributed by atoms with Gasteiger partial charge >= 0.3 is 0 Å². The van der Waals surface area contributed by atoms with Gasteiger partial charge in [0, 0.05) is 22.4 Å². The van der Waals surface area contributed by atoms with Gasteiger partial charge in [0.1, 0.15) is 23.4 Å². The van der Waals surface area contributed by atoms with Crippen molar-refractivity contribution in [3.63, 3.8) is 0 Å². The van der Waals surface area contributed by atoms with Crippen LogP contribution >= 0.6 is 11.7 Å². The van der Waals surface area contributed by atoms with E-state index in [1.807, 2.05) is 18.2 Å². The Hall–Kier alpha value is -5.01. The summed E-state index contributed by atoms with van der Waals surface area (Å²) < 4.78 is 22.2. The van der Waals surface area contributed by atoms with Crippen molar-refractivity contribution in [2.75, 3.05) is 26.4 Å². The molecule has 8 heteroatoms. The number of fused-ring (bicyclic) bond motifs is 4. The second-order valence-electron chi connectivity index (χ2n) is 16.0. The molecule has 0 amide bonds. The van der Waals surface area contributed by atoms with Gasteiger partial charge in [0.15, 0.2) is 0 Å². The highest BCUT2D eigenvalue weighted by molar-refractivity contribution is 7.00. The number of ether oxygens (including phenoxy) is 2. The number of azide groups is 1. The number of benzene rings is 5. The lowest BCUT2D eigenvalue weighted by molar-refractivity contribution is 0.106. The summed E-state index contributed by atoms with van der Waals surface area (Å²) in [6, 6.07) is 37.8. The molecule has 1 aliphatic rings. The molecular formula is C51H59N5O2S. The van der Waals surface area contributed by atoms with E-state index in [-0.39, 0.29) is 5.41 Å². The van der Waals surface area contributed by atoms with E-state index in [0.29, 0.717) is 26.4 Å². The predicted octanol–water partition coefficient (Wildman–Crippen LogP) is 15.2. The molecule has 6 aromatic rings. The quantitative estimate of drug-likeness (QED) is 0.0263. The molecule has 0 atom stereocenters. The minimum Gasteiger partial charge on any atom is -0.490 e. The van der Waals surface area contributed by atoms with Gasteiger partial charge in [-0.1, -0.05) is 181 Å². The first-order valence-electron chi connectivity index (χ1n) is 22.1. The van der Waals surface area contributed by atoms with Crippen LogP contribution in [0.4, 0.5) is 0 Å². The van der Waals surface area contributed by atoms with Crippen LogP contribution in [-0.2, 0) is 10.2 Å². The van der Waals surface area contributed by atoms with Gasteiger partial charge in [0.05, 0.1) is 30.5 Å². The van der Waals surface area contributed by atoms with Crippen molar-refractivity contribution < 1.29 is 9.47 Å². The Kier molecular flexibility index (Phi) is 15.2. The molecule has 0 spiro atoms. The number of nitrogens with zero attached hydrogens (tertiary/aromatic N) is 5. The summed E-state index contributed by atoms with van der Waals surface area (Å²) in [5.74, 6) is 0.756. The molecule has 0 saturated heterocycles. The normalized spacial score (nSPS) is 12.6. The van der Waals surface area contributed by atoms with Crippen molar-refractivity contribution >= 4 is 22.8 Å². The Labute approximate surface area is 355 Å². The molecule has 5 aromatic carbocycles. The topological polar surface area (TPSA) is 93.0 Å². The standard InChI is InChI=1S/C51H59N5O2S/c1-3-5-7-9-11-19-29-51(30-20-12-10-8-6-4-2)45-35-40(38-21-15-13-16-22-38)25-27-42(45)43-28-26-41(36-46(43)51)44-37-47(58-34-33-57-32-31-53-56-52)48(39-23-17-14-18-24-39)50-49(44)54-59-55-50/h13-18,21-28,35-37H,3-12,19-20,29-34H2,1-2H3. The van der Waals surface area contributed by atoms with Crippen LogP contribution < -0.4 is 4.74 Å². The van der Waals surface area contributed by atoms with Gasteiger partial charge in [-0.3, -0.25) is 0 Å². The molecule has 7 rings (SSSR count). The fourth-order valence-electron chi connectivity index (χ4n) is 9.15. The van der Waals surface area contributed by atoms with Gasteiger partial charge in [-0.25, -0.2) is 0 Å². The first-order valence-corrected chi connectivity index (χ1v) is 22.8. The van der Waals surface area contributed by atoms with Crippen molar-refractivity contribution in [3.05, 3.63) is 125 Å². The molecule has 0 N–H and O–H groups in total. The average Bonchev–Trinajstić information content (AvgIpc) is 3.87. The molecule has 0 radical (unpaired) electrons. The predicted molar refractivity (Wildman–Crippen MR) is 246 cm³/mol. The van der Waals surface area contributed by atoms with E-state index in [1.54, 1.807) is 0 Å². The van der Waals surface area contributed by atoms with Crippen LogP contribution in [0, 0.1) is 0 Å². The van der Waals surface area contributed by atoms with E-state index in [9.17, 15) is 0 Å². The summed E-state index contributed by atoms with van der Waals surface area (Å²) in [6.45, 7) is 5.97. The smallest absolute Gasteiger partial charge is 0.130 e. The number of unbranched alkanes of at least 4 members (excludes halogenated alkanes) is 10. The molecule has 7 nitrogen and oxygen atoms in total. The Morgan fingerprint density at radius 2 is 1.15 bits per heavy atom. The molecule has 0 bridgehead atoms. The Balaban J connectivity index is 1.32. The molecular weight excluding hydrogens is 747 g/mol. The summed E-state index contributed by atoms with van der Waals surface area (Å²) in [4.78, 5) is 2.83. The van der Waals surface area contributed by atoms with E-state index >= 15 is 0 Å². The van der Waals surface area contributed by atoms with Gasteiger partial charge < -0.3 is 9.47 Å². The van der Waals surface area contributed by atoms with Crippen molar-refractivity contribution in [1.29, 1.82) is 0 Å². The minimum absolute atomic E-state index is 0.0866. The zero-order valence-electron chi connectivity index (χ0n) is 35.0. The zero-order chi connectivity index (χ0) is 40.7. The zero-order valence-corrected chi connectivity index (χ0v) is 35.8. The number of hydrogen-bond acceptors (Lipinski definition) is 6. The molecule has 1 aliphatic carbocycles. The van der Waals surface area contributed by atoms with Crippen LogP contribution in [0.2, 0.25) is 0 Å². The second kappa shape index (κ2) is 21.3. The van der Waals surface area contributed by atoms with Crippen LogP contribution in [-0.4, -0.2) is 35.1 Å². The van der Waals surface area contributed by atoms with Crippen molar-refractivity contribution in [2.45, 2.75) is 109 Å². The van der Waals surface area contributed by atoms with E-state index in [2.05, 4.69) is 109 Å². The highest BCUT2D eigenvalue weighted by atomic mass is 32.1. The fraction of sp³-hybridized carbons (Fsp3) is 0.412. The second-order valence-corrected chi connectivity index (χ2v) is 16.6. The minimum atomic E-state index is -0.0866. The lowest BCUT2D eigenvalue weighted by Crippen LogP contribution is -2.25. The number of hydrogen-bond donors (Lipinski definition) is 0. The molecule has 0 saturated carbocycles. The van der Waals surface area contributed by atoms with Gasteiger partial charge in [-0.05, 0) is 81.1 Å². The molecule has 306 valence electrons. The van der Waals surface area contributed by atoms with Gasteiger partial charge in [0.2, 0.25) is 0 Å². The van der Waals surface area contributed by atoms with Crippen LogP contribution in [0.5, 0.6) is 5.75 Å². The maximum absolute atomic E-state index is 8.64. The molecule has 1 aromatic heterocycles. The Morgan fingerprint density at radius 3 is 1.80 bits per heavy atom. The molecule has 1 heterocycles. The summed E-state index contributed by atoms with van der Waals surface area (Å²) in [6.07, 6.45) is 17.7.